The van der Waals surface area contributed by atoms with Crippen molar-refractivity contribution in [2.24, 2.45) is 0 Å². The summed E-state index contributed by atoms with van der Waals surface area (Å²) in [6.07, 6.45) is 2.72. The standard InChI is InChI=1S/C20H24N6O3S/c1-11-13(3)30-19(22-11)23-17(28)12(2)26-10-8-20(7-6-15(26)27)24-16-14(18(29)25-20)5-4-9-21-16/h4-5,9,12H,6-8,10H2,1-3H3,(H,21,24)(H,25,29)(H,22,23,28)/t12-,20-/m0/s1. The number of hydrogen-bond donors (Lipinski definition) is 3. The summed E-state index contributed by atoms with van der Waals surface area (Å²) in [6, 6.07) is 2.77. The van der Waals surface area contributed by atoms with Gasteiger partial charge in [0, 0.05) is 30.5 Å². The van der Waals surface area contributed by atoms with Gasteiger partial charge in [-0.1, -0.05) is 0 Å². The van der Waals surface area contributed by atoms with E-state index in [-0.39, 0.29) is 24.1 Å². The minimum Gasteiger partial charge on any atom is -0.347 e. The first-order chi connectivity index (χ1) is 14.3. The van der Waals surface area contributed by atoms with E-state index >= 15 is 0 Å². The summed E-state index contributed by atoms with van der Waals surface area (Å²) < 4.78 is 0. The Labute approximate surface area is 178 Å². The monoisotopic (exact) mass is 428 g/mol. The number of nitrogens with one attached hydrogen (secondary N) is 3. The van der Waals surface area contributed by atoms with Crippen LogP contribution in [0.25, 0.3) is 0 Å². The van der Waals surface area contributed by atoms with Gasteiger partial charge in [0.1, 0.15) is 17.5 Å². The Hall–Kier alpha value is -3.01. The number of carbonyl (C=O) groups excluding carboxylic acids is 3. The fraction of sp³-hybridized carbons (Fsp3) is 0.450. The molecule has 158 valence electrons. The third-order valence-corrected chi connectivity index (χ3v) is 6.72. The molecule has 1 saturated heterocycles. The van der Waals surface area contributed by atoms with Crippen LogP contribution in [0, 0.1) is 13.8 Å². The van der Waals surface area contributed by atoms with Gasteiger partial charge in [0.25, 0.3) is 5.91 Å². The fourth-order valence-electron chi connectivity index (χ4n) is 3.79. The molecule has 2 aliphatic rings. The molecular weight excluding hydrogens is 404 g/mol. The highest BCUT2D eigenvalue weighted by molar-refractivity contribution is 7.15. The zero-order valence-electron chi connectivity index (χ0n) is 17.1. The van der Waals surface area contributed by atoms with Crippen LogP contribution in [0.1, 0.15) is 47.1 Å². The normalized spacial score (nSPS) is 22.0. The van der Waals surface area contributed by atoms with E-state index in [2.05, 4.69) is 25.9 Å². The average Bonchev–Trinajstić information content (AvgIpc) is 2.94. The Bertz CT molecular complexity index is 1000. The van der Waals surface area contributed by atoms with Crippen LogP contribution >= 0.6 is 11.3 Å². The van der Waals surface area contributed by atoms with Crippen molar-refractivity contribution in [3.05, 3.63) is 34.5 Å². The number of amides is 3. The Kier molecular flexibility index (Phi) is 5.19. The van der Waals surface area contributed by atoms with Crippen LogP contribution in [0.4, 0.5) is 10.9 Å². The van der Waals surface area contributed by atoms with Gasteiger partial charge >= 0.3 is 0 Å². The molecule has 1 spiro atoms. The Morgan fingerprint density at radius 1 is 1.30 bits per heavy atom. The van der Waals surface area contributed by atoms with Crippen molar-refractivity contribution < 1.29 is 14.4 Å². The maximum absolute atomic E-state index is 12.8. The van der Waals surface area contributed by atoms with Crippen molar-refractivity contribution in [2.75, 3.05) is 17.2 Å². The number of thiazole rings is 1. The van der Waals surface area contributed by atoms with E-state index in [1.54, 1.807) is 30.2 Å². The van der Waals surface area contributed by atoms with Crippen LogP contribution < -0.4 is 16.0 Å². The lowest BCUT2D eigenvalue weighted by Crippen LogP contribution is -2.58. The second-order valence-electron chi connectivity index (χ2n) is 7.72. The van der Waals surface area contributed by atoms with Gasteiger partial charge in [-0.3, -0.25) is 14.4 Å². The van der Waals surface area contributed by atoms with E-state index in [1.807, 2.05) is 13.8 Å². The molecular formula is C20H24N6O3S. The maximum Gasteiger partial charge on any atom is 0.256 e. The molecule has 0 aliphatic carbocycles. The quantitative estimate of drug-likeness (QED) is 0.689. The number of nitrogens with zero attached hydrogens (tertiary/aromatic N) is 3. The highest BCUT2D eigenvalue weighted by atomic mass is 32.1. The van der Waals surface area contributed by atoms with Crippen molar-refractivity contribution in [1.82, 2.24) is 20.2 Å². The first kappa shape index (κ1) is 20.3. The number of rotatable bonds is 3. The lowest BCUT2D eigenvalue weighted by Gasteiger charge is -2.39. The van der Waals surface area contributed by atoms with E-state index in [9.17, 15) is 14.4 Å². The van der Waals surface area contributed by atoms with E-state index in [1.165, 1.54) is 11.3 Å². The van der Waals surface area contributed by atoms with Crippen molar-refractivity contribution in [3.63, 3.8) is 0 Å². The van der Waals surface area contributed by atoms with E-state index < -0.39 is 11.7 Å². The number of pyridine rings is 1. The average molecular weight is 429 g/mol. The van der Waals surface area contributed by atoms with Crippen LogP contribution in [0.15, 0.2) is 18.3 Å². The number of likely N-dealkylation sites (tertiary alicyclic amines) is 1. The maximum atomic E-state index is 12.8. The summed E-state index contributed by atoms with van der Waals surface area (Å²) in [7, 11) is 0. The molecule has 30 heavy (non-hydrogen) atoms. The summed E-state index contributed by atoms with van der Waals surface area (Å²) in [5.74, 6) is -0.0925. The molecule has 0 unspecified atom stereocenters. The van der Waals surface area contributed by atoms with Gasteiger partial charge in [0.2, 0.25) is 11.8 Å². The number of aromatic nitrogens is 2. The minimum atomic E-state index is -0.761. The first-order valence-electron chi connectivity index (χ1n) is 9.88. The van der Waals surface area contributed by atoms with Crippen molar-refractivity contribution in [3.8, 4) is 0 Å². The van der Waals surface area contributed by atoms with Gasteiger partial charge in [0.15, 0.2) is 5.13 Å². The summed E-state index contributed by atoms with van der Waals surface area (Å²) >= 11 is 1.41. The summed E-state index contributed by atoms with van der Waals surface area (Å²) in [5, 5.41) is 9.66. The van der Waals surface area contributed by atoms with E-state index in [0.717, 1.165) is 10.6 Å². The molecule has 0 saturated carbocycles. The summed E-state index contributed by atoms with van der Waals surface area (Å²) in [5.41, 5.74) is 0.601. The Morgan fingerprint density at radius 2 is 2.10 bits per heavy atom. The number of carbonyl (C=O) groups is 3. The molecule has 2 aliphatic heterocycles. The molecule has 4 rings (SSSR count). The predicted molar refractivity (Wildman–Crippen MR) is 113 cm³/mol. The van der Waals surface area contributed by atoms with Gasteiger partial charge < -0.3 is 20.9 Å². The van der Waals surface area contributed by atoms with Crippen molar-refractivity contribution in [2.45, 2.75) is 51.7 Å². The number of hydrogen-bond acceptors (Lipinski definition) is 7. The van der Waals surface area contributed by atoms with Crippen LogP contribution in [0.2, 0.25) is 0 Å². The van der Waals surface area contributed by atoms with Crippen molar-refractivity contribution >= 4 is 40.0 Å². The van der Waals surface area contributed by atoms with Crippen molar-refractivity contribution in [1.29, 1.82) is 0 Å². The summed E-state index contributed by atoms with van der Waals surface area (Å²) in [4.78, 5) is 49.3. The lowest BCUT2D eigenvalue weighted by molar-refractivity contribution is -0.137. The zero-order valence-corrected chi connectivity index (χ0v) is 17.9. The first-order valence-corrected chi connectivity index (χ1v) is 10.7. The number of anilines is 2. The molecule has 9 nitrogen and oxygen atoms in total. The van der Waals surface area contributed by atoms with Gasteiger partial charge in [-0.05, 0) is 39.3 Å². The fourth-order valence-corrected chi connectivity index (χ4v) is 4.61. The third-order valence-electron chi connectivity index (χ3n) is 5.73. The molecule has 10 heteroatoms. The molecule has 3 amide bonds. The third kappa shape index (κ3) is 3.74. The molecule has 0 aromatic carbocycles. The molecule has 0 bridgehead atoms. The van der Waals surface area contributed by atoms with Gasteiger partial charge in [-0.15, -0.1) is 11.3 Å². The second-order valence-corrected chi connectivity index (χ2v) is 8.93. The largest absolute Gasteiger partial charge is 0.347 e. The zero-order chi connectivity index (χ0) is 21.5. The van der Waals surface area contributed by atoms with E-state index in [0.29, 0.717) is 35.9 Å². The molecule has 2 aromatic heterocycles. The number of fused-ring (bicyclic) bond motifs is 1. The lowest BCUT2D eigenvalue weighted by atomic mass is 9.97. The summed E-state index contributed by atoms with van der Waals surface area (Å²) in [6.45, 7) is 5.88. The Balaban J connectivity index is 1.47. The predicted octanol–water partition coefficient (Wildman–Crippen LogP) is 2.05. The van der Waals surface area contributed by atoms with Crippen LogP contribution in [0.5, 0.6) is 0 Å². The SMILES string of the molecule is Cc1nc(NC(=O)[C@H](C)N2CC[C@]3(CCC2=O)NC(=O)c2cccnc2N3)sc1C. The highest BCUT2D eigenvalue weighted by Gasteiger charge is 2.42. The van der Waals surface area contributed by atoms with Crippen LogP contribution in [0.3, 0.4) is 0 Å². The molecule has 1 fully saturated rings. The minimum absolute atomic E-state index is 0.121. The van der Waals surface area contributed by atoms with Gasteiger partial charge in [-0.2, -0.15) is 0 Å². The molecule has 0 radical (unpaired) electrons. The number of aryl methyl sites for hydroxylation is 2. The van der Waals surface area contributed by atoms with Crippen LogP contribution in [-0.2, 0) is 9.59 Å². The topological polar surface area (TPSA) is 116 Å². The molecule has 2 atom stereocenters. The highest BCUT2D eigenvalue weighted by Crippen LogP contribution is 2.31. The van der Waals surface area contributed by atoms with Gasteiger partial charge in [0.05, 0.1) is 11.3 Å². The smallest absolute Gasteiger partial charge is 0.256 e. The molecule has 4 heterocycles. The Morgan fingerprint density at radius 3 is 2.83 bits per heavy atom. The van der Waals surface area contributed by atoms with Gasteiger partial charge in [-0.25, -0.2) is 9.97 Å². The second kappa shape index (κ2) is 7.67. The van der Waals surface area contributed by atoms with E-state index in [4.69, 9.17) is 0 Å². The molecule has 3 N–H and O–H groups in total. The molecule has 2 aromatic rings. The van der Waals surface area contributed by atoms with Crippen LogP contribution in [-0.4, -0.2) is 50.8 Å².